The number of aryl methyl sites for hydroxylation is 2. The maximum absolute atomic E-state index is 12.9. The molecule has 1 N–H and O–H groups in total. The zero-order valence-electron chi connectivity index (χ0n) is 19.1. The number of carbonyl (C=O) groups excluding carboxylic acids is 1. The first-order valence-electron chi connectivity index (χ1n) is 10.8. The summed E-state index contributed by atoms with van der Waals surface area (Å²) in [7, 11) is 2.75. The number of aliphatic imine (C=N–C) groups is 1. The Morgan fingerprint density at radius 1 is 1.03 bits per heavy atom. The maximum atomic E-state index is 12.9. The molecular formula is C23H30N4O4S. The zero-order valence-corrected chi connectivity index (χ0v) is 19.9. The van der Waals surface area contributed by atoms with Crippen LogP contribution in [0.5, 0.6) is 5.88 Å². The molecule has 9 heteroatoms. The highest BCUT2D eigenvalue weighted by Crippen LogP contribution is 2.25. The van der Waals surface area contributed by atoms with E-state index in [2.05, 4.69) is 4.99 Å². The van der Waals surface area contributed by atoms with Gasteiger partial charge in [-0.25, -0.2) is 9.79 Å². The predicted molar refractivity (Wildman–Crippen MR) is 128 cm³/mol. The second-order valence-corrected chi connectivity index (χ2v) is 9.14. The van der Waals surface area contributed by atoms with E-state index in [0.29, 0.717) is 5.69 Å². The van der Waals surface area contributed by atoms with Crippen LogP contribution in [0.25, 0.3) is 0 Å². The smallest absolute Gasteiger partial charge is 0.333 e. The maximum Gasteiger partial charge on any atom is 0.333 e. The fourth-order valence-electron chi connectivity index (χ4n) is 3.63. The summed E-state index contributed by atoms with van der Waals surface area (Å²) < 4.78 is 1.94. The van der Waals surface area contributed by atoms with E-state index < -0.39 is 17.1 Å². The third-order valence-electron chi connectivity index (χ3n) is 5.86. The second-order valence-electron chi connectivity index (χ2n) is 8.17. The van der Waals surface area contributed by atoms with Gasteiger partial charge in [0.05, 0.1) is 11.4 Å². The topological polar surface area (TPSA) is 96.9 Å². The first-order valence-corrected chi connectivity index (χ1v) is 11.7. The van der Waals surface area contributed by atoms with Gasteiger partial charge in [0.1, 0.15) is 10.6 Å². The molecule has 1 aliphatic heterocycles. The highest BCUT2D eigenvalue weighted by molar-refractivity contribution is 8.15. The minimum absolute atomic E-state index is 0.0224. The fourth-order valence-corrected chi connectivity index (χ4v) is 4.57. The number of hydrogen-bond acceptors (Lipinski definition) is 6. The van der Waals surface area contributed by atoms with Crippen LogP contribution in [-0.4, -0.2) is 48.9 Å². The van der Waals surface area contributed by atoms with E-state index in [1.54, 1.807) is 0 Å². The Morgan fingerprint density at radius 2 is 1.69 bits per heavy atom. The Labute approximate surface area is 191 Å². The van der Waals surface area contributed by atoms with Crippen LogP contribution in [0.4, 0.5) is 5.69 Å². The van der Waals surface area contributed by atoms with Gasteiger partial charge in [0.2, 0.25) is 11.8 Å². The minimum Gasteiger partial charge on any atom is -0.494 e. The van der Waals surface area contributed by atoms with Gasteiger partial charge in [0, 0.05) is 27.2 Å². The number of aromatic hydroxyl groups is 1. The molecule has 0 spiro atoms. The SMILES string of the molecule is Cc1ccc(N=C(SCC(=O)N2CCCCCC2)c2c(O)n(C)c(=O)n(C)c2=O)cc1C. The van der Waals surface area contributed by atoms with Crippen LogP contribution in [0.1, 0.15) is 42.4 Å². The zero-order chi connectivity index (χ0) is 23.4. The molecule has 1 aromatic carbocycles. The van der Waals surface area contributed by atoms with Crippen LogP contribution in [0.2, 0.25) is 0 Å². The Balaban J connectivity index is 2.02. The minimum atomic E-state index is -0.650. The van der Waals surface area contributed by atoms with Gasteiger partial charge in [-0.1, -0.05) is 30.7 Å². The molecule has 0 aliphatic carbocycles. The summed E-state index contributed by atoms with van der Waals surface area (Å²) in [5, 5.41) is 10.9. The highest BCUT2D eigenvalue weighted by atomic mass is 32.2. The number of carbonyl (C=O) groups is 1. The van der Waals surface area contributed by atoms with Gasteiger partial charge in [-0.05, 0) is 49.9 Å². The van der Waals surface area contributed by atoms with Crippen LogP contribution < -0.4 is 11.2 Å². The lowest BCUT2D eigenvalue weighted by Crippen LogP contribution is -2.40. The normalized spacial score (nSPS) is 15.0. The molecule has 1 amide bonds. The summed E-state index contributed by atoms with van der Waals surface area (Å²) >= 11 is 1.11. The van der Waals surface area contributed by atoms with Gasteiger partial charge in [-0.2, -0.15) is 0 Å². The number of amides is 1. The molecule has 8 nitrogen and oxygen atoms in total. The Morgan fingerprint density at radius 3 is 2.31 bits per heavy atom. The molecule has 0 atom stereocenters. The number of likely N-dealkylation sites (tertiary alicyclic amines) is 1. The number of thioether (sulfide) groups is 1. The van der Waals surface area contributed by atoms with E-state index in [1.807, 2.05) is 36.9 Å². The average molecular weight is 459 g/mol. The van der Waals surface area contributed by atoms with Crippen molar-refractivity contribution in [3.05, 3.63) is 55.7 Å². The lowest BCUT2D eigenvalue weighted by atomic mass is 10.1. The largest absolute Gasteiger partial charge is 0.494 e. The van der Waals surface area contributed by atoms with Crippen molar-refractivity contribution in [3.8, 4) is 5.88 Å². The van der Waals surface area contributed by atoms with Gasteiger partial charge in [-0.15, -0.1) is 0 Å². The Hall–Kier alpha value is -2.81. The molecule has 1 aliphatic rings. The monoisotopic (exact) mass is 458 g/mol. The molecule has 2 heterocycles. The molecule has 0 radical (unpaired) electrons. The van der Waals surface area contributed by atoms with Gasteiger partial charge in [0.15, 0.2) is 0 Å². The van der Waals surface area contributed by atoms with E-state index >= 15 is 0 Å². The van der Waals surface area contributed by atoms with Crippen LogP contribution in [0.3, 0.4) is 0 Å². The summed E-state index contributed by atoms with van der Waals surface area (Å²) in [4.78, 5) is 44.4. The van der Waals surface area contributed by atoms with Crippen molar-refractivity contribution >= 4 is 28.4 Å². The van der Waals surface area contributed by atoms with Crippen molar-refractivity contribution in [2.45, 2.75) is 39.5 Å². The fraction of sp³-hybridized carbons (Fsp3) is 0.478. The number of benzene rings is 1. The van der Waals surface area contributed by atoms with Gasteiger partial charge in [-0.3, -0.25) is 18.7 Å². The molecule has 1 aromatic heterocycles. The third kappa shape index (κ3) is 5.15. The first-order chi connectivity index (χ1) is 15.2. The van der Waals surface area contributed by atoms with Crippen LogP contribution in [0, 0.1) is 13.8 Å². The molecule has 3 rings (SSSR count). The van der Waals surface area contributed by atoms with E-state index in [-0.39, 0.29) is 22.3 Å². The van der Waals surface area contributed by atoms with Crippen LogP contribution >= 0.6 is 11.8 Å². The third-order valence-corrected chi connectivity index (χ3v) is 6.82. The molecule has 1 fully saturated rings. The molecule has 2 aromatic rings. The summed E-state index contributed by atoms with van der Waals surface area (Å²) in [5.41, 5.74) is 1.38. The van der Waals surface area contributed by atoms with Crippen molar-refractivity contribution in [2.24, 2.45) is 19.1 Å². The lowest BCUT2D eigenvalue weighted by molar-refractivity contribution is -0.128. The molecule has 1 saturated heterocycles. The first kappa shape index (κ1) is 23.8. The number of rotatable bonds is 4. The molecule has 0 saturated carbocycles. The van der Waals surface area contributed by atoms with E-state index in [1.165, 1.54) is 14.1 Å². The summed E-state index contributed by atoms with van der Waals surface area (Å²) in [6.07, 6.45) is 4.22. The predicted octanol–water partition coefficient (Wildman–Crippen LogP) is 2.62. The van der Waals surface area contributed by atoms with Crippen LogP contribution in [-0.2, 0) is 18.9 Å². The van der Waals surface area contributed by atoms with E-state index in [4.69, 9.17) is 0 Å². The Bertz CT molecular complexity index is 1160. The van der Waals surface area contributed by atoms with Crippen LogP contribution in [0.15, 0.2) is 32.8 Å². The number of nitrogens with zero attached hydrogens (tertiary/aromatic N) is 4. The number of hydrogen-bond donors (Lipinski definition) is 1. The summed E-state index contributed by atoms with van der Waals surface area (Å²) in [6.45, 7) is 5.42. The summed E-state index contributed by atoms with van der Waals surface area (Å²) in [5.74, 6) is -0.393. The lowest BCUT2D eigenvalue weighted by Gasteiger charge is -2.20. The van der Waals surface area contributed by atoms with Gasteiger partial charge in [0.25, 0.3) is 5.56 Å². The van der Waals surface area contributed by atoms with Crippen molar-refractivity contribution in [1.82, 2.24) is 14.0 Å². The van der Waals surface area contributed by atoms with E-state index in [9.17, 15) is 19.5 Å². The molecular weight excluding hydrogens is 428 g/mol. The molecule has 172 valence electrons. The van der Waals surface area contributed by atoms with Crippen molar-refractivity contribution < 1.29 is 9.90 Å². The van der Waals surface area contributed by atoms with Gasteiger partial charge >= 0.3 is 5.69 Å². The molecule has 32 heavy (non-hydrogen) atoms. The Kier molecular flexibility index (Phi) is 7.60. The highest BCUT2D eigenvalue weighted by Gasteiger charge is 2.23. The van der Waals surface area contributed by atoms with Crippen molar-refractivity contribution in [3.63, 3.8) is 0 Å². The quantitative estimate of drug-likeness (QED) is 0.561. The average Bonchev–Trinajstić information content (AvgIpc) is 3.06. The summed E-state index contributed by atoms with van der Waals surface area (Å²) in [6, 6.07) is 5.64. The van der Waals surface area contributed by atoms with E-state index in [0.717, 1.165) is 70.8 Å². The molecule has 0 bridgehead atoms. The number of aromatic nitrogens is 2. The van der Waals surface area contributed by atoms with Gasteiger partial charge < -0.3 is 10.0 Å². The van der Waals surface area contributed by atoms with Crippen molar-refractivity contribution in [2.75, 3.05) is 18.8 Å². The van der Waals surface area contributed by atoms with Crippen molar-refractivity contribution in [1.29, 1.82) is 0 Å². The standard InChI is InChI=1S/C23H30N4O4S/c1-15-9-10-17(13-16(15)2)24-20(19-21(29)25(3)23(31)26(4)22(19)30)32-14-18(28)27-11-7-5-6-8-12-27/h9-10,13,29H,5-8,11-12,14H2,1-4H3. The second kappa shape index (κ2) is 10.2. The molecule has 0 unspecified atom stereocenters.